The molecule has 0 amide bonds. The Balaban J connectivity index is 1.96. The van der Waals surface area contributed by atoms with Gasteiger partial charge >= 0.3 is 0 Å². The minimum absolute atomic E-state index is 0.175. The van der Waals surface area contributed by atoms with E-state index in [1.165, 1.54) is 18.9 Å². The molecule has 1 nitrogen and oxygen atoms in total. The maximum absolute atomic E-state index is 13.0. The summed E-state index contributed by atoms with van der Waals surface area (Å²) in [7, 11) is 0. The summed E-state index contributed by atoms with van der Waals surface area (Å²) in [5, 5.41) is 0.699. The zero-order valence-electron chi connectivity index (χ0n) is 6.59. The van der Waals surface area contributed by atoms with Crippen molar-refractivity contribution in [1.82, 2.24) is 0 Å². The Labute approximate surface area is 75.5 Å². The number of nitrogens with one attached hydrogen (secondary N) is 1. The molecule has 1 N–H and O–H groups in total. The molecule has 0 unspecified atom stereocenters. The second-order valence-electron chi connectivity index (χ2n) is 2.90. The van der Waals surface area contributed by atoms with Gasteiger partial charge < -0.3 is 4.72 Å². The second-order valence-corrected chi connectivity index (χ2v) is 4.01. The van der Waals surface area contributed by atoms with Crippen LogP contribution in [-0.4, -0.2) is 5.25 Å². The van der Waals surface area contributed by atoms with E-state index in [0.717, 1.165) is 0 Å². The molecule has 64 valence electrons. The highest BCUT2D eigenvalue weighted by atomic mass is 32.2. The summed E-state index contributed by atoms with van der Waals surface area (Å²) in [5.41, 5.74) is 0.592. The average molecular weight is 183 g/mol. The predicted octanol–water partition coefficient (Wildman–Crippen LogP) is 3.05. The van der Waals surface area contributed by atoms with Crippen LogP contribution in [0.3, 0.4) is 0 Å². The Bertz CT molecular complexity index is 273. The zero-order chi connectivity index (χ0) is 8.39. The minimum Gasteiger partial charge on any atom is -0.327 e. The van der Waals surface area contributed by atoms with Crippen LogP contribution in [0.2, 0.25) is 0 Å². The van der Waals surface area contributed by atoms with Gasteiger partial charge in [-0.15, -0.1) is 0 Å². The third kappa shape index (κ3) is 1.91. The molecule has 2 rings (SSSR count). The smallest absolute Gasteiger partial charge is 0.147 e. The summed E-state index contributed by atoms with van der Waals surface area (Å²) < 4.78 is 16.0. The monoisotopic (exact) mass is 183 g/mol. The Morgan fingerprint density at radius 3 is 2.75 bits per heavy atom. The standard InChI is InChI=1S/C9H10FNS/c10-8-3-1-2-4-9(8)11-12-7-5-6-7/h1-4,7,11H,5-6H2. The lowest BCUT2D eigenvalue weighted by atomic mass is 10.3. The molecule has 1 fully saturated rings. The molecule has 1 aliphatic rings. The molecule has 0 heterocycles. The molecular formula is C9H10FNS. The van der Waals surface area contributed by atoms with E-state index in [2.05, 4.69) is 4.72 Å². The van der Waals surface area contributed by atoms with Crippen molar-refractivity contribution in [3.8, 4) is 0 Å². The van der Waals surface area contributed by atoms with E-state index in [9.17, 15) is 4.39 Å². The first-order chi connectivity index (χ1) is 5.86. The third-order valence-corrected chi connectivity index (χ3v) is 2.88. The van der Waals surface area contributed by atoms with Crippen molar-refractivity contribution < 1.29 is 4.39 Å². The van der Waals surface area contributed by atoms with Gasteiger partial charge in [0, 0.05) is 5.25 Å². The quantitative estimate of drug-likeness (QED) is 0.723. The summed E-state index contributed by atoms with van der Waals surface area (Å²) in [5.74, 6) is -0.175. The lowest BCUT2D eigenvalue weighted by Crippen LogP contribution is -1.91. The molecular weight excluding hydrogens is 173 g/mol. The molecule has 0 aliphatic heterocycles. The van der Waals surface area contributed by atoms with Crippen molar-refractivity contribution in [1.29, 1.82) is 0 Å². The molecule has 0 atom stereocenters. The highest BCUT2D eigenvalue weighted by Crippen LogP contribution is 2.34. The van der Waals surface area contributed by atoms with E-state index >= 15 is 0 Å². The molecule has 1 aromatic rings. The summed E-state index contributed by atoms with van der Waals surface area (Å²) in [4.78, 5) is 0. The van der Waals surface area contributed by atoms with Crippen molar-refractivity contribution in [2.45, 2.75) is 18.1 Å². The highest BCUT2D eigenvalue weighted by molar-refractivity contribution is 8.01. The summed E-state index contributed by atoms with van der Waals surface area (Å²) >= 11 is 1.62. The largest absolute Gasteiger partial charge is 0.327 e. The van der Waals surface area contributed by atoms with Gasteiger partial charge in [-0.25, -0.2) is 4.39 Å². The summed E-state index contributed by atoms with van der Waals surface area (Å²) in [6.07, 6.45) is 2.51. The van der Waals surface area contributed by atoms with Gasteiger partial charge in [0.25, 0.3) is 0 Å². The molecule has 0 spiro atoms. The normalized spacial score (nSPS) is 16.1. The lowest BCUT2D eigenvalue weighted by molar-refractivity contribution is 0.632. The van der Waals surface area contributed by atoms with Gasteiger partial charge in [0.2, 0.25) is 0 Å². The first-order valence-corrected chi connectivity index (χ1v) is 4.90. The van der Waals surface area contributed by atoms with Crippen molar-refractivity contribution in [2.75, 3.05) is 4.72 Å². The Morgan fingerprint density at radius 2 is 2.08 bits per heavy atom. The van der Waals surface area contributed by atoms with Crippen LogP contribution < -0.4 is 4.72 Å². The number of anilines is 1. The molecule has 0 aromatic heterocycles. The molecule has 0 radical (unpaired) electrons. The van der Waals surface area contributed by atoms with Gasteiger partial charge in [-0.2, -0.15) is 0 Å². The maximum Gasteiger partial charge on any atom is 0.147 e. The van der Waals surface area contributed by atoms with Crippen LogP contribution >= 0.6 is 11.9 Å². The molecule has 0 bridgehead atoms. The average Bonchev–Trinajstić information content (AvgIpc) is 2.86. The van der Waals surface area contributed by atoms with Crippen LogP contribution in [0.1, 0.15) is 12.8 Å². The van der Waals surface area contributed by atoms with Gasteiger partial charge in [0.15, 0.2) is 0 Å². The van der Waals surface area contributed by atoms with Gasteiger partial charge in [-0.3, -0.25) is 0 Å². The number of halogens is 1. The van der Waals surface area contributed by atoms with E-state index in [4.69, 9.17) is 0 Å². The number of benzene rings is 1. The number of para-hydroxylation sites is 1. The van der Waals surface area contributed by atoms with Crippen molar-refractivity contribution >= 4 is 17.6 Å². The molecule has 0 saturated heterocycles. The first-order valence-electron chi connectivity index (χ1n) is 4.02. The van der Waals surface area contributed by atoms with Gasteiger partial charge in [0.05, 0.1) is 5.69 Å². The summed E-state index contributed by atoms with van der Waals surface area (Å²) in [6, 6.07) is 6.75. The number of hydrogen-bond donors (Lipinski definition) is 1. The second kappa shape index (κ2) is 3.35. The van der Waals surface area contributed by atoms with Crippen molar-refractivity contribution in [3.63, 3.8) is 0 Å². The van der Waals surface area contributed by atoms with Crippen LogP contribution in [0, 0.1) is 5.82 Å². The Hall–Kier alpha value is -0.700. The Kier molecular flexibility index (Phi) is 2.21. The van der Waals surface area contributed by atoms with Crippen molar-refractivity contribution in [2.24, 2.45) is 0 Å². The fraction of sp³-hybridized carbons (Fsp3) is 0.333. The van der Waals surface area contributed by atoms with E-state index in [1.807, 2.05) is 6.07 Å². The van der Waals surface area contributed by atoms with E-state index in [-0.39, 0.29) is 5.82 Å². The van der Waals surface area contributed by atoms with Gasteiger partial charge in [-0.05, 0) is 36.9 Å². The van der Waals surface area contributed by atoms with Gasteiger partial charge in [0.1, 0.15) is 5.82 Å². The zero-order valence-corrected chi connectivity index (χ0v) is 7.40. The number of rotatable bonds is 3. The SMILES string of the molecule is Fc1ccccc1NSC1CC1. The molecule has 1 aromatic carbocycles. The van der Waals surface area contributed by atoms with E-state index in [1.54, 1.807) is 24.1 Å². The van der Waals surface area contributed by atoms with Crippen LogP contribution in [0.4, 0.5) is 10.1 Å². The van der Waals surface area contributed by atoms with Crippen LogP contribution in [-0.2, 0) is 0 Å². The molecule has 1 saturated carbocycles. The molecule has 12 heavy (non-hydrogen) atoms. The van der Waals surface area contributed by atoms with Gasteiger partial charge in [-0.1, -0.05) is 12.1 Å². The van der Waals surface area contributed by atoms with Crippen LogP contribution in [0.5, 0.6) is 0 Å². The van der Waals surface area contributed by atoms with Crippen LogP contribution in [0.25, 0.3) is 0 Å². The molecule has 1 aliphatic carbocycles. The van der Waals surface area contributed by atoms with Crippen LogP contribution in [0.15, 0.2) is 24.3 Å². The lowest BCUT2D eigenvalue weighted by Gasteiger charge is -2.04. The Morgan fingerprint density at radius 1 is 1.33 bits per heavy atom. The van der Waals surface area contributed by atoms with E-state index < -0.39 is 0 Å². The third-order valence-electron chi connectivity index (χ3n) is 1.73. The fourth-order valence-electron chi connectivity index (χ4n) is 0.877. The molecule has 3 heteroatoms. The van der Waals surface area contributed by atoms with E-state index in [0.29, 0.717) is 10.9 Å². The maximum atomic E-state index is 13.0. The fourth-order valence-corrected chi connectivity index (χ4v) is 1.71. The van der Waals surface area contributed by atoms with Crippen molar-refractivity contribution in [3.05, 3.63) is 30.1 Å². The number of hydrogen-bond acceptors (Lipinski definition) is 2. The minimum atomic E-state index is -0.175. The predicted molar refractivity (Wildman–Crippen MR) is 50.6 cm³/mol. The highest BCUT2D eigenvalue weighted by Gasteiger charge is 2.22. The topological polar surface area (TPSA) is 12.0 Å². The summed E-state index contributed by atoms with van der Waals surface area (Å²) in [6.45, 7) is 0. The first kappa shape index (κ1) is 7.92.